The normalized spacial score (nSPS) is 14.3. The molecule has 0 aliphatic heterocycles. The van der Waals surface area contributed by atoms with Crippen LogP contribution in [0.5, 0.6) is 0 Å². The lowest BCUT2D eigenvalue weighted by Crippen LogP contribution is -2.14. The summed E-state index contributed by atoms with van der Waals surface area (Å²) in [4.78, 5) is 15.2. The van der Waals surface area contributed by atoms with Crippen molar-refractivity contribution < 1.29 is 0 Å². The monoisotopic (exact) mass is 830 g/mol. The van der Waals surface area contributed by atoms with Gasteiger partial charge in [-0.15, -0.1) is 0 Å². The Labute approximate surface area is 378 Å². The predicted octanol–water partition coefficient (Wildman–Crippen LogP) is 15.1. The van der Waals surface area contributed by atoms with E-state index in [1.165, 1.54) is 77.5 Å². The van der Waals surface area contributed by atoms with E-state index in [1.807, 2.05) is 36.4 Å². The number of rotatable bonds is 6. The fraction of sp³-hybridized carbons (Fsp3) is 0.0656. The highest BCUT2D eigenvalue weighted by Gasteiger charge is 2.36. The van der Waals surface area contributed by atoms with Crippen molar-refractivity contribution in [2.75, 3.05) is 0 Å². The van der Waals surface area contributed by atoms with Crippen LogP contribution in [0, 0.1) is 0 Å². The molecule has 2 aliphatic carbocycles. The van der Waals surface area contributed by atoms with Gasteiger partial charge in [-0.05, 0) is 104 Å². The Morgan fingerprint density at radius 3 is 1.68 bits per heavy atom. The molecular weight excluding hydrogens is 789 g/mol. The molecule has 0 saturated heterocycles. The minimum atomic E-state index is -0.153. The number of nitrogens with zero attached hydrogens (tertiary/aromatic N) is 4. The van der Waals surface area contributed by atoms with Gasteiger partial charge in [0.05, 0.1) is 11.0 Å². The SMILES string of the molecule is CC1(C)c2ccccc2-c2cc3c4cc(-c5ccc6c(c5)-c5ccccc5C6c5ccccc5)ccc4n(-c4cccc(-c5nc(-c6ccccc6)nc(-c6ccccc6)n5)c4)c3cc21. The molecule has 9 aromatic carbocycles. The van der Waals surface area contributed by atoms with Gasteiger partial charge in [0, 0.05) is 44.5 Å². The highest BCUT2D eigenvalue weighted by Crippen LogP contribution is 2.52. The largest absolute Gasteiger partial charge is 0.309 e. The summed E-state index contributed by atoms with van der Waals surface area (Å²) in [6, 6.07) is 76.8. The first-order valence-electron chi connectivity index (χ1n) is 22.5. The van der Waals surface area contributed by atoms with Gasteiger partial charge in [-0.2, -0.15) is 0 Å². The third-order valence-electron chi connectivity index (χ3n) is 13.9. The molecule has 0 bridgehead atoms. The van der Waals surface area contributed by atoms with E-state index in [0.717, 1.165) is 27.9 Å². The van der Waals surface area contributed by atoms with Crippen molar-refractivity contribution in [2.45, 2.75) is 25.2 Å². The van der Waals surface area contributed by atoms with E-state index in [2.05, 4.69) is 194 Å². The van der Waals surface area contributed by atoms with E-state index in [4.69, 9.17) is 15.0 Å². The molecule has 13 rings (SSSR count). The van der Waals surface area contributed by atoms with Gasteiger partial charge < -0.3 is 4.57 Å². The van der Waals surface area contributed by atoms with Crippen molar-refractivity contribution in [3.63, 3.8) is 0 Å². The molecule has 65 heavy (non-hydrogen) atoms. The zero-order valence-corrected chi connectivity index (χ0v) is 36.1. The Balaban J connectivity index is 1.00. The lowest BCUT2D eigenvalue weighted by molar-refractivity contribution is 0.661. The molecule has 4 heteroatoms. The quantitative estimate of drug-likeness (QED) is 0.168. The zero-order chi connectivity index (χ0) is 43.2. The molecule has 0 radical (unpaired) electrons. The minimum absolute atomic E-state index is 0.153. The Morgan fingerprint density at radius 2 is 0.938 bits per heavy atom. The second-order valence-electron chi connectivity index (χ2n) is 18.0. The van der Waals surface area contributed by atoms with Crippen LogP contribution in [0.1, 0.15) is 47.6 Å². The van der Waals surface area contributed by atoms with Crippen LogP contribution < -0.4 is 0 Å². The zero-order valence-electron chi connectivity index (χ0n) is 36.1. The van der Waals surface area contributed by atoms with Crippen LogP contribution in [-0.2, 0) is 5.41 Å². The number of hydrogen-bond donors (Lipinski definition) is 0. The molecule has 0 saturated carbocycles. The van der Waals surface area contributed by atoms with E-state index in [1.54, 1.807) is 0 Å². The van der Waals surface area contributed by atoms with Gasteiger partial charge in [0.2, 0.25) is 0 Å². The number of hydrogen-bond acceptors (Lipinski definition) is 3. The van der Waals surface area contributed by atoms with Crippen molar-refractivity contribution in [2.24, 2.45) is 0 Å². The average Bonchev–Trinajstić information content (AvgIpc) is 3.96. The fourth-order valence-corrected chi connectivity index (χ4v) is 10.8. The number of benzene rings is 9. The maximum absolute atomic E-state index is 5.11. The smallest absolute Gasteiger partial charge is 0.164 e. The number of aromatic nitrogens is 4. The molecule has 0 spiro atoms. The topological polar surface area (TPSA) is 43.6 Å². The van der Waals surface area contributed by atoms with Gasteiger partial charge in [-0.25, -0.2) is 15.0 Å². The van der Waals surface area contributed by atoms with E-state index >= 15 is 0 Å². The van der Waals surface area contributed by atoms with Crippen LogP contribution in [0.4, 0.5) is 0 Å². The minimum Gasteiger partial charge on any atom is -0.309 e. The second-order valence-corrected chi connectivity index (χ2v) is 18.0. The Kier molecular flexibility index (Phi) is 8.28. The van der Waals surface area contributed by atoms with Crippen LogP contribution in [0.2, 0.25) is 0 Å². The van der Waals surface area contributed by atoms with Gasteiger partial charge in [0.15, 0.2) is 17.5 Å². The van der Waals surface area contributed by atoms with Crippen molar-refractivity contribution in [3.05, 3.63) is 240 Å². The standard InChI is InChI=1S/C61H42N4/c1-61(2)53-28-15-14-26-46(53)50-36-52-51-35-42(41-29-31-48-49(34-41)45-25-12-13-27-47(45)57(48)38-17-6-3-7-18-38)30-32-55(51)65(56(52)37-54(50)61)44-24-16-23-43(33-44)60-63-58(39-19-8-4-9-20-39)62-59(64-60)40-21-10-5-11-22-40/h3-37,57H,1-2H3. The third-order valence-corrected chi connectivity index (χ3v) is 13.9. The summed E-state index contributed by atoms with van der Waals surface area (Å²) >= 11 is 0. The van der Waals surface area contributed by atoms with Crippen LogP contribution >= 0.6 is 0 Å². The van der Waals surface area contributed by atoms with Crippen molar-refractivity contribution in [1.29, 1.82) is 0 Å². The van der Waals surface area contributed by atoms with E-state index in [0.29, 0.717) is 17.5 Å². The fourth-order valence-electron chi connectivity index (χ4n) is 10.8. The van der Waals surface area contributed by atoms with Gasteiger partial charge in [0.25, 0.3) is 0 Å². The summed E-state index contributed by atoms with van der Waals surface area (Å²) in [5, 5.41) is 2.45. The summed E-state index contributed by atoms with van der Waals surface area (Å²) in [5.41, 5.74) is 20.5. The maximum Gasteiger partial charge on any atom is 0.164 e. The molecule has 1 unspecified atom stereocenters. The molecule has 0 amide bonds. The molecule has 0 N–H and O–H groups in total. The Hall–Kier alpha value is -8.21. The highest BCUT2D eigenvalue weighted by atomic mass is 15.0. The Bertz CT molecular complexity index is 3620. The van der Waals surface area contributed by atoms with Crippen LogP contribution in [0.25, 0.3) is 95.0 Å². The molecule has 1 atom stereocenters. The van der Waals surface area contributed by atoms with Gasteiger partial charge >= 0.3 is 0 Å². The summed E-state index contributed by atoms with van der Waals surface area (Å²) < 4.78 is 2.44. The van der Waals surface area contributed by atoms with Crippen LogP contribution in [0.3, 0.4) is 0 Å². The van der Waals surface area contributed by atoms with Crippen LogP contribution in [0.15, 0.2) is 212 Å². The highest BCUT2D eigenvalue weighted by molar-refractivity contribution is 6.13. The molecular formula is C61H42N4. The van der Waals surface area contributed by atoms with Crippen molar-refractivity contribution in [1.82, 2.24) is 19.5 Å². The van der Waals surface area contributed by atoms with E-state index < -0.39 is 0 Å². The first kappa shape index (κ1) is 37.4. The molecule has 11 aromatic rings. The van der Waals surface area contributed by atoms with E-state index in [9.17, 15) is 0 Å². The molecule has 2 aliphatic rings. The predicted molar refractivity (Wildman–Crippen MR) is 266 cm³/mol. The lowest BCUT2D eigenvalue weighted by Gasteiger charge is -2.21. The molecule has 0 fully saturated rings. The number of fused-ring (bicyclic) bond motifs is 9. The summed E-state index contributed by atoms with van der Waals surface area (Å²) in [6.45, 7) is 4.72. The van der Waals surface area contributed by atoms with E-state index in [-0.39, 0.29) is 11.3 Å². The first-order chi connectivity index (χ1) is 32.0. The molecule has 306 valence electrons. The molecule has 2 aromatic heterocycles. The second kappa shape index (κ2) is 14.4. The maximum atomic E-state index is 5.11. The van der Waals surface area contributed by atoms with Gasteiger partial charge in [-0.3, -0.25) is 0 Å². The van der Waals surface area contributed by atoms with Crippen LogP contribution in [-0.4, -0.2) is 19.5 Å². The summed E-state index contributed by atoms with van der Waals surface area (Å²) in [6.07, 6.45) is 0. The average molecular weight is 831 g/mol. The summed E-state index contributed by atoms with van der Waals surface area (Å²) in [5.74, 6) is 2.14. The third kappa shape index (κ3) is 5.87. The lowest BCUT2D eigenvalue weighted by atomic mass is 9.82. The first-order valence-corrected chi connectivity index (χ1v) is 22.5. The van der Waals surface area contributed by atoms with Crippen molar-refractivity contribution in [3.8, 4) is 73.2 Å². The van der Waals surface area contributed by atoms with Crippen molar-refractivity contribution >= 4 is 21.8 Å². The molecule has 4 nitrogen and oxygen atoms in total. The van der Waals surface area contributed by atoms with Gasteiger partial charge in [0.1, 0.15) is 0 Å². The molecule has 2 heterocycles. The van der Waals surface area contributed by atoms with Gasteiger partial charge in [-0.1, -0.05) is 184 Å². The Morgan fingerprint density at radius 1 is 0.369 bits per heavy atom. The summed E-state index contributed by atoms with van der Waals surface area (Å²) in [7, 11) is 0.